The molecule has 0 aliphatic heterocycles. The summed E-state index contributed by atoms with van der Waals surface area (Å²) in [5, 5.41) is 3.07. The molecule has 0 atom stereocenters. The van der Waals surface area contributed by atoms with Gasteiger partial charge in [0, 0.05) is 13.1 Å². The summed E-state index contributed by atoms with van der Waals surface area (Å²) >= 11 is 0. The fourth-order valence-corrected chi connectivity index (χ4v) is 3.89. The first kappa shape index (κ1) is 15.5. The molecule has 5 heteroatoms. The number of benzene rings is 1. The van der Waals surface area contributed by atoms with Crippen LogP contribution in [0.25, 0.3) is 0 Å². The van der Waals surface area contributed by atoms with Gasteiger partial charge in [0.25, 0.3) is 0 Å². The lowest BCUT2D eigenvalue weighted by Crippen LogP contribution is -2.28. The second-order valence-corrected chi connectivity index (χ2v) is 7.39. The van der Waals surface area contributed by atoms with Crippen LogP contribution in [0.4, 0.5) is 0 Å². The molecule has 1 aliphatic rings. The molecule has 0 aromatic heterocycles. The lowest BCUT2D eigenvalue weighted by Gasteiger charge is -2.13. The highest BCUT2D eigenvalue weighted by Crippen LogP contribution is 2.24. The van der Waals surface area contributed by atoms with Gasteiger partial charge >= 0.3 is 0 Å². The van der Waals surface area contributed by atoms with Gasteiger partial charge in [0.2, 0.25) is 10.0 Å². The van der Waals surface area contributed by atoms with E-state index in [2.05, 4.69) is 10.0 Å². The minimum atomic E-state index is -3.38. The maximum absolute atomic E-state index is 12.3. The molecule has 1 aromatic carbocycles. The molecule has 4 nitrogen and oxygen atoms in total. The van der Waals surface area contributed by atoms with Gasteiger partial charge in [-0.05, 0) is 56.0 Å². The standard InChI is InChI=1S/C15H24N2O2S/c1-12-7-8-15(9-14(12)11-16-2)20(18,19)17-10-13-5-3-4-6-13/h7-9,13,16-17H,3-6,10-11H2,1-2H3. The summed E-state index contributed by atoms with van der Waals surface area (Å²) in [5.41, 5.74) is 2.13. The molecule has 1 fully saturated rings. The van der Waals surface area contributed by atoms with Gasteiger partial charge in [-0.3, -0.25) is 0 Å². The molecule has 0 bridgehead atoms. The largest absolute Gasteiger partial charge is 0.316 e. The van der Waals surface area contributed by atoms with Crippen molar-refractivity contribution in [3.63, 3.8) is 0 Å². The molecule has 1 aromatic rings. The van der Waals surface area contributed by atoms with E-state index in [4.69, 9.17) is 0 Å². The Morgan fingerprint density at radius 3 is 2.60 bits per heavy atom. The molecule has 0 unspecified atom stereocenters. The van der Waals surface area contributed by atoms with Gasteiger partial charge in [-0.15, -0.1) is 0 Å². The zero-order valence-corrected chi connectivity index (χ0v) is 13.1. The summed E-state index contributed by atoms with van der Waals surface area (Å²) in [4.78, 5) is 0.367. The molecular formula is C15H24N2O2S. The zero-order chi connectivity index (χ0) is 14.6. The molecule has 2 N–H and O–H groups in total. The van der Waals surface area contributed by atoms with Gasteiger partial charge in [0.05, 0.1) is 4.90 Å². The van der Waals surface area contributed by atoms with E-state index < -0.39 is 10.0 Å². The quantitative estimate of drug-likeness (QED) is 0.846. The Labute approximate surface area is 122 Å². The molecule has 2 rings (SSSR count). The Hall–Kier alpha value is -0.910. The van der Waals surface area contributed by atoms with Crippen molar-refractivity contribution in [1.82, 2.24) is 10.0 Å². The van der Waals surface area contributed by atoms with Crippen LogP contribution < -0.4 is 10.0 Å². The molecule has 1 aliphatic carbocycles. The summed E-state index contributed by atoms with van der Waals surface area (Å²) in [6.45, 7) is 3.24. The molecular weight excluding hydrogens is 272 g/mol. The Kier molecular flexibility index (Phi) is 5.18. The van der Waals surface area contributed by atoms with E-state index >= 15 is 0 Å². The molecule has 0 amide bonds. The number of nitrogens with one attached hydrogen (secondary N) is 2. The fraction of sp³-hybridized carbons (Fsp3) is 0.600. The molecule has 20 heavy (non-hydrogen) atoms. The van der Waals surface area contributed by atoms with Crippen LogP contribution in [0.15, 0.2) is 23.1 Å². The third-order valence-corrected chi connectivity index (χ3v) is 5.46. The number of aryl methyl sites for hydroxylation is 1. The predicted octanol–water partition coefficient (Wildman–Crippen LogP) is 2.18. The SMILES string of the molecule is CNCc1cc(S(=O)(=O)NCC2CCCC2)ccc1C. The van der Waals surface area contributed by atoms with Crippen molar-refractivity contribution in [1.29, 1.82) is 0 Å². The summed E-state index contributed by atoms with van der Waals surface area (Å²) in [6, 6.07) is 5.32. The number of sulfonamides is 1. The highest BCUT2D eigenvalue weighted by Gasteiger charge is 2.20. The first-order valence-corrected chi connectivity index (χ1v) is 8.75. The highest BCUT2D eigenvalue weighted by atomic mass is 32.2. The Bertz CT molecular complexity index is 549. The van der Waals surface area contributed by atoms with Gasteiger partial charge in [0.1, 0.15) is 0 Å². The van der Waals surface area contributed by atoms with E-state index in [1.165, 1.54) is 12.8 Å². The van der Waals surface area contributed by atoms with Crippen molar-refractivity contribution >= 4 is 10.0 Å². The van der Waals surface area contributed by atoms with E-state index in [1.54, 1.807) is 12.1 Å². The summed E-state index contributed by atoms with van der Waals surface area (Å²) in [5.74, 6) is 0.506. The Morgan fingerprint density at radius 2 is 1.95 bits per heavy atom. The van der Waals surface area contributed by atoms with E-state index in [-0.39, 0.29) is 0 Å². The second kappa shape index (κ2) is 6.70. The van der Waals surface area contributed by atoms with E-state index in [0.29, 0.717) is 23.9 Å². The summed E-state index contributed by atoms with van der Waals surface area (Å²) in [6.07, 6.45) is 4.73. The third kappa shape index (κ3) is 3.81. The van der Waals surface area contributed by atoms with Gasteiger partial charge in [-0.2, -0.15) is 0 Å². The number of rotatable bonds is 6. The van der Waals surface area contributed by atoms with Gasteiger partial charge in [-0.1, -0.05) is 18.9 Å². The second-order valence-electron chi connectivity index (χ2n) is 5.62. The maximum atomic E-state index is 12.3. The van der Waals surface area contributed by atoms with Gasteiger partial charge in [0.15, 0.2) is 0 Å². The summed E-state index contributed by atoms with van der Waals surface area (Å²) in [7, 11) is -1.52. The molecule has 0 heterocycles. The average Bonchev–Trinajstić information content (AvgIpc) is 2.92. The minimum Gasteiger partial charge on any atom is -0.316 e. The van der Waals surface area contributed by atoms with E-state index in [9.17, 15) is 8.42 Å². The first-order valence-electron chi connectivity index (χ1n) is 7.27. The van der Waals surface area contributed by atoms with Gasteiger partial charge in [-0.25, -0.2) is 13.1 Å². The molecule has 0 radical (unpaired) electrons. The summed E-state index contributed by atoms with van der Waals surface area (Å²) < 4.78 is 27.4. The lowest BCUT2D eigenvalue weighted by atomic mass is 10.1. The van der Waals surface area contributed by atoms with Crippen molar-refractivity contribution in [2.45, 2.75) is 44.0 Å². The van der Waals surface area contributed by atoms with Crippen LogP contribution in [0.3, 0.4) is 0 Å². The zero-order valence-electron chi connectivity index (χ0n) is 12.3. The lowest BCUT2D eigenvalue weighted by molar-refractivity contribution is 0.519. The van der Waals surface area contributed by atoms with Crippen LogP contribution >= 0.6 is 0 Å². The average molecular weight is 296 g/mol. The van der Waals surface area contributed by atoms with Gasteiger partial charge < -0.3 is 5.32 Å². The van der Waals surface area contributed by atoms with E-state index in [1.807, 2.05) is 20.0 Å². The van der Waals surface area contributed by atoms with Crippen molar-refractivity contribution in [3.8, 4) is 0 Å². The van der Waals surface area contributed by atoms with Crippen LogP contribution in [-0.4, -0.2) is 22.0 Å². The van der Waals surface area contributed by atoms with Crippen molar-refractivity contribution in [2.75, 3.05) is 13.6 Å². The predicted molar refractivity (Wildman–Crippen MR) is 81.1 cm³/mol. The maximum Gasteiger partial charge on any atom is 0.240 e. The topological polar surface area (TPSA) is 58.2 Å². The van der Waals surface area contributed by atoms with E-state index in [0.717, 1.165) is 24.0 Å². The van der Waals surface area contributed by atoms with Crippen LogP contribution in [0.2, 0.25) is 0 Å². The molecule has 0 spiro atoms. The minimum absolute atomic E-state index is 0.367. The molecule has 112 valence electrons. The van der Waals surface area contributed by atoms with Crippen molar-refractivity contribution < 1.29 is 8.42 Å². The monoisotopic (exact) mass is 296 g/mol. The van der Waals surface area contributed by atoms with Crippen LogP contribution in [-0.2, 0) is 16.6 Å². The smallest absolute Gasteiger partial charge is 0.240 e. The van der Waals surface area contributed by atoms with Crippen molar-refractivity contribution in [3.05, 3.63) is 29.3 Å². The molecule has 0 saturated heterocycles. The van der Waals surface area contributed by atoms with Crippen LogP contribution in [0.5, 0.6) is 0 Å². The Morgan fingerprint density at radius 1 is 1.25 bits per heavy atom. The van der Waals surface area contributed by atoms with Crippen LogP contribution in [0, 0.1) is 12.8 Å². The number of hydrogen-bond donors (Lipinski definition) is 2. The van der Waals surface area contributed by atoms with Crippen molar-refractivity contribution in [2.24, 2.45) is 5.92 Å². The first-order chi connectivity index (χ1) is 9.53. The third-order valence-electron chi connectivity index (χ3n) is 4.03. The highest BCUT2D eigenvalue weighted by molar-refractivity contribution is 7.89. The number of hydrogen-bond acceptors (Lipinski definition) is 3. The van der Waals surface area contributed by atoms with Crippen LogP contribution in [0.1, 0.15) is 36.8 Å². The Balaban J connectivity index is 2.09. The normalized spacial score (nSPS) is 16.7. The molecule has 1 saturated carbocycles. The fourth-order valence-electron chi connectivity index (χ4n) is 2.72.